The molecule has 0 aromatic heterocycles. The number of urea groups is 1. The van der Waals surface area contributed by atoms with E-state index in [0.717, 1.165) is 4.90 Å². The van der Waals surface area contributed by atoms with Gasteiger partial charge in [-0.1, -0.05) is 23.8 Å². The van der Waals surface area contributed by atoms with Crippen molar-refractivity contribution in [3.8, 4) is 11.5 Å². The summed E-state index contributed by atoms with van der Waals surface area (Å²) in [5, 5.41) is 11.0. The van der Waals surface area contributed by atoms with Crippen molar-refractivity contribution < 1.29 is 33.8 Å². The van der Waals surface area contributed by atoms with Gasteiger partial charge in [0.2, 0.25) is 11.8 Å². The molecule has 12 heteroatoms. The van der Waals surface area contributed by atoms with Crippen molar-refractivity contribution in [3.05, 3.63) is 35.4 Å². The number of allylic oxidation sites excluding steroid dienone is 2. The number of benzene rings is 1. The Morgan fingerprint density at radius 1 is 1.14 bits per heavy atom. The fourth-order valence-electron chi connectivity index (χ4n) is 6.24. The Morgan fingerprint density at radius 2 is 1.83 bits per heavy atom. The van der Waals surface area contributed by atoms with Gasteiger partial charge in [0, 0.05) is 18.5 Å². The number of phenols is 1. The number of halogens is 2. The highest BCUT2D eigenvalue weighted by molar-refractivity contribution is 6.53. The number of hydrogen-bond acceptors (Lipinski definition) is 7. The Balaban J connectivity index is 1.76. The first-order valence-electron chi connectivity index (χ1n) is 10.8. The lowest BCUT2D eigenvalue weighted by molar-refractivity contribution is -0.139. The SMILES string of the molecule is COc1cccc(C2C3=CCC4C(=O)N(C(N)=O)C(=O)C4C3CC3(Cl)C(=O)N(C)C(=O)C23Cl)c1O. The van der Waals surface area contributed by atoms with E-state index in [1.807, 2.05) is 0 Å². The lowest BCUT2D eigenvalue weighted by Gasteiger charge is -2.50. The van der Waals surface area contributed by atoms with E-state index in [9.17, 15) is 29.1 Å². The molecule has 2 saturated heterocycles. The predicted octanol–water partition coefficient (Wildman–Crippen LogP) is 1.47. The van der Waals surface area contributed by atoms with Crippen molar-refractivity contribution in [2.75, 3.05) is 14.2 Å². The third-order valence-electron chi connectivity index (χ3n) is 7.80. The van der Waals surface area contributed by atoms with E-state index in [1.165, 1.54) is 26.3 Å². The summed E-state index contributed by atoms with van der Waals surface area (Å²) in [7, 11) is 2.62. The maximum atomic E-state index is 13.4. The lowest BCUT2D eigenvalue weighted by Crippen LogP contribution is -2.60. The Bertz CT molecular complexity index is 1270. The van der Waals surface area contributed by atoms with Crippen LogP contribution in [-0.2, 0) is 19.2 Å². The third-order valence-corrected chi connectivity index (χ3v) is 9.21. The van der Waals surface area contributed by atoms with E-state index in [2.05, 4.69) is 0 Å². The van der Waals surface area contributed by atoms with Crippen molar-refractivity contribution in [1.29, 1.82) is 0 Å². The number of likely N-dealkylation sites (tertiary alicyclic amines) is 2. The highest BCUT2D eigenvalue weighted by atomic mass is 35.5. The molecule has 10 nitrogen and oxygen atoms in total. The number of carbonyl (C=O) groups excluding carboxylic acids is 5. The normalized spacial score (nSPS) is 36.1. The quantitative estimate of drug-likeness (QED) is 0.340. The van der Waals surface area contributed by atoms with Crippen LogP contribution in [0.1, 0.15) is 24.3 Å². The van der Waals surface area contributed by atoms with Gasteiger partial charge in [0.15, 0.2) is 21.2 Å². The highest BCUT2D eigenvalue weighted by Gasteiger charge is 2.76. The molecular weight excluding hydrogens is 501 g/mol. The molecule has 2 aliphatic heterocycles. The van der Waals surface area contributed by atoms with Gasteiger partial charge in [-0.3, -0.25) is 24.1 Å². The van der Waals surface area contributed by atoms with Crippen LogP contribution in [0.25, 0.3) is 0 Å². The molecular formula is C23H21Cl2N3O7. The molecule has 5 rings (SSSR count). The van der Waals surface area contributed by atoms with Gasteiger partial charge in [0.25, 0.3) is 11.8 Å². The van der Waals surface area contributed by atoms with Crippen LogP contribution in [0.5, 0.6) is 11.5 Å². The molecule has 6 atom stereocenters. The fraction of sp³-hybridized carbons (Fsp3) is 0.435. The van der Waals surface area contributed by atoms with Crippen LogP contribution in [0, 0.1) is 17.8 Å². The van der Waals surface area contributed by atoms with E-state index in [-0.39, 0.29) is 29.9 Å². The summed E-state index contributed by atoms with van der Waals surface area (Å²) >= 11 is 14.0. The largest absolute Gasteiger partial charge is 0.504 e. The molecule has 35 heavy (non-hydrogen) atoms. The first-order chi connectivity index (χ1) is 16.4. The zero-order valence-electron chi connectivity index (χ0n) is 18.7. The van der Waals surface area contributed by atoms with E-state index in [4.69, 9.17) is 33.7 Å². The second-order valence-corrected chi connectivity index (χ2v) is 10.5. The van der Waals surface area contributed by atoms with Gasteiger partial charge in [-0.05, 0) is 24.8 Å². The number of para-hydroxylation sites is 1. The van der Waals surface area contributed by atoms with Crippen molar-refractivity contribution in [3.63, 3.8) is 0 Å². The number of primary amides is 1. The standard InChI is InChI=1S/C23H21Cl2N3O7/c1-27-19(32)22(24)8-12-9(6-7-10-14(12)18(31)28(17(10)30)21(26)34)15(23(22,25)20(27)33)11-4-3-5-13(35-2)16(11)29/h3-6,10,12,14-15,29H,7-8H2,1-2H3,(H2,26,34). The van der Waals surface area contributed by atoms with Crippen LogP contribution in [0.15, 0.2) is 29.8 Å². The molecule has 2 heterocycles. The van der Waals surface area contributed by atoms with Gasteiger partial charge in [-0.2, -0.15) is 4.90 Å². The number of ether oxygens (including phenoxy) is 1. The number of amides is 6. The molecule has 3 N–H and O–H groups in total. The summed E-state index contributed by atoms with van der Waals surface area (Å²) in [6, 6.07) is 3.45. The molecule has 2 aliphatic carbocycles. The number of nitrogens with two attached hydrogens (primary N) is 1. The Labute approximate surface area is 209 Å². The van der Waals surface area contributed by atoms with Gasteiger partial charge >= 0.3 is 6.03 Å². The molecule has 1 saturated carbocycles. The summed E-state index contributed by atoms with van der Waals surface area (Å²) < 4.78 is 5.23. The number of nitrogens with zero attached hydrogens (tertiary/aromatic N) is 2. The van der Waals surface area contributed by atoms with Crippen LogP contribution in [0.2, 0.25) is 0 Å². The number of rotatable bonds is 2. The maximum Gasteiger partial charge on any atom is 0.328 e. The van der Waals surface area contributed by atoms with E-state index >= 15 is 0 Å². The zero-order valence-corrected chi connectivity index (χ0v) is 20.2. The minimum absolute atomic E-state index is 0.0757. The molecule has 6 unspecified atom stereocenters. The number of hydrogen-bond donors (Lipinski definition) is 2. The topological polar surface area (TPSA) is 147 Å². The first-order valence-corrected chi connectivity index (χ1v) is 11.6. The van der Waals surface area contributed by atoms with Crippen LogP contribution < -0.4 is 10.5 Å². The van der Waals surface area contributed by atoms with Gasteiger partial charge < -0.3 is 15.6 Å². The fourth-order valence-corrected chi connectivity index (χ4v) is 7.25. The molecule has 6 amide bonds. The first kappa shape index (κ1) is 23.6. The molecule has 184 valence electrons. The summed E-state index contributed by atoms with van der Waals surface area (Å²) in [5.74, 6) is -7.07. The molecule has 4 aliphatic rings. The van der Waals surface area contributed by atoms with Crippen LogP contribution in [0.3, 0.4) is 0 Å². The minimum Gasteiger partial charge on any atom is -0.504 e. The van der Waals surface area contributed by atoms with Gasteiger partial charge in [-0.25, -0.2) is 4.79 Å². The smallest absolute Gasteiger partial charge is 0.328 e. The molecule has 0 spiro atoms. The lowest BCUT2D eigenvalue weighted by atomic mass is 9.56. The van der Waals surface area contributed by atoms with Crippen LogP contribution in [-0.4, -0.2) is 68.5 Å². The summed E-state index contributed by atoms with van der Waals surface area (Å²) in [6.07, 6.45) is 1.53. The maximum absolute atomic E-state index is 13.4. The van der Waals surface area contributed by atoms with Crippen molar-refractivity contribution >= 4 is 52.9 Å². The van der Waals surface area contributed by atoms with Crippen molar-refractivity contribution in [2.24, 2.45) is 23.5 Å². The van der Waals surface area contributed by atoms with E-state index < -0.39 is 63.1 Å². The summed E-state index contributed by atoms with van der Waals surface area (Å²) in [6.45, 7) is 0. The molecule has 0 bridgehead atoms. The molecule has 1 aromatic rings. The number of carbonyl (C=O) groups is 5. The molecule has 1 aromatic carbocycles. The highest BCUT2D eigenvalue weighted by Crippen LogP contribution is 2.66. The Hall–Kier alpha value is -3.11. The minimum atomic E-state index is -2.03. The Kier molecular flexibility index (Phi) is 5.02. The predicted molar refractivity (Wildman–Crippen MR) is 122 cm³/mol. The van der Waals surface area contributed by atoms with E-state index in [0.29, 0.717) is 10.5 Å². The number of alkyl halides is 2. The van der Waals surface area contributed by atoms with Gasteiger partial charge in [-0.15, -0.1) is 23.2 Å². The number of imide groups is 4. The second kappa shape index (κ2) is 7.44. The molecule has 0 radical (unpaired) electrons. The second-order valence-electron chi connectivity index (χ2n) is 9.25. The number of phenolic OH excluding ortho intramolecular Hbond substituents is 1. The van der Waals surface area contributed by atoms with Crippen molar-refractivity contribution in [2.45, 2.75) is 28.5 Å². The summed E-state index contributed by atoms with van der Waals surface area (Å²) in [5.41, 5.74) is 5.95. The van der Waals surface area contributed by atoms with Crippen LogP contribution >= 0.6 is 23.2 Å². The monoisotopic (exact) mass is 521 g/mol. The van der Waals surface area contributed by atoms with Gasteiger partial charge in [0.1, 0.15) is 0 Å². The average molecular weight is 522 g/mol. The third kappa shape index (κ3) is 2.69. The zero-order chi connectivity index (χ0) is 25.6. The van der Waals surface area contributed by atoms with Crippen LogP contribution in [0.4, 0.5) is 4.79 Å². The molecule has 3 fully saturated rings. The Morgan fingerprint density at radius 3 is 2.46 bits per heavy atom. The van der Waals surface area contributed by atoms with Crippen molar-refractivity contribution in [1.82, 2.24) is 9.80 Å². The van der Waals surface area contributed by atoms with E-state index in [1.54, 1.807) is 12.1 Å². The summed E-state index contributed by atoms with van der Waals surface area (Å²) in [4.78, 5) is 61.9. The average Bonchev–Trinajstić information content (AvgIpc) is 3.15. The number of fused-ring (bicyclic) bond motifs is 4. The number of methoxy groups -OCH3 is 1. The van der Waals surface area contributed by atoms with Gasteiger partial charge in [0.05, 0.1) is 18.9 Å². The number of aromatic hydroxyl groups is 1.